The number of aryl methyl sites for hydroxylation is 1. The van der Waals surface area contributed by atoms with Gasteiger partial charge in [0.2, 0.25) is 0 Å². The summed E-state index contributed by atoms with van der Waals surface area (Å²) in [5.74, 6) is -0.844. The molecule has 0 saturated heterocycles. The lowest BCUT2D eigenvalue weighted by atomic mass is 9.94. The van der Waals surface area contributed by atoms with Gasteiger partial charge in [0, 0.05) is 36.3 Å². The van der Waals surface area contributed by atoms with Gasteiger partial charge in [0.25, 0.3) is 11.8 Å². The monoisotopic (exact) mass is 550 g/mol. The number of hydrogen-bond donors (Lipinski definition) is 2. The Kier molecular flexibility index (Phi) is 9.89. The van der Waals surface area contributed by atoms with Gasteiger partial charge in [-0.15, -0.1) is 0 Å². The van der Waals surface area contributed by atoms with E-state index in [2.05, 4.69) is 5.32 Å². The zero-order valence-electron chi connectivity index (χ0n) is 23.3. The Morgan fingerprint density at radius 3 is 2.02 bits per heavy atom. The highest BCUT2D eigenvalue weighted by Crippen LogP contribution is 2.29. The Balaban J connectivity index is 1.62. The van der Waals surface area contributed by atoms with Gasteiger partial charge >= 0.3 is 5.97 Å². The van der Waals surface area contributed by atoms with E-state index in [1.807, 2.05) is 79.7 Å². The molecule has 0 aliphatic rings. The van der Waals surface area contributed by atoms with E-state index in [1.54, 1.807) is 36.3 Å². The lowest BCUT2D eigenvalue weighted by molar-refractivity contribution is -0.137. The second-order valence-corrected chi connectivity index (χ2v) is 9.70. The number of hydrogen-bond acceptors (Lipinski definition) is 4. The van der Waals surface area contributed by atoms with Crippen LogP contribution in [-0.2, 0) is 17.8 Å². The Labute approximate surface area is 240 Å². The molecule has 0 spiro atoms. The predicted molar refractivity (Wildman–Crippen MR) is 159 cm³/mol. The van der Waals surface area contributed by atoms with Crippen LogP contribution in [0.3, 0.4) is 0 Å². The van der Waals surface area contributed by atoms with Gasteiger partial charge < -0.3 is 20.1 Å². The number of rotatable bonds is 12. The zero-order chi connectivity index (χ0) is 29.2. The van der Waals surface area contributed by atoms with Crippen molar-refractivity contribution < 1.29 is 24.2 Å². The normalized spacial score (nSPS) is 10.6. The summed E-state index contributed by atoms with van der Waals surface area (Å²) >= 11 is 0. The molecule has 2 amide bonds. The number of nitrogens with one attached hydrogen (secondary N) is 1. The highest BCUT2D eigenvalue weighted by atomic mass is 16.5. The van der Waals surface area contributed by atoms with Crippen molar-refractivity contribution in [2.45, 2.75) is 26.3 Å². The summed E-state index contributed by atoms with van der Waals surface area (Å²) in [6.45, 7) is 2.74. The van der Waals surface area contributed by atoms with Crippen LogP contribution < -0.4 is 10.1 Å². The highest BCUT2D eigenvalue weighted by molar-refractivity contribution is 6.06. The van der Waals surface area contributed by atoms with Crippen molar-refractivity contribution >= 4 is 17.8 Å². The maximum Gasteiger partial charge on any atom is 0.305 e. The molecule has 0 atom stereocenters. The van der Waals surface area contributed by atoms with E-state index < -0.39 is 5.97 Å². The van der Waals surface area contributed by atoms with Crippen LogP contribution in [0, 0.1) is 6.92 Å². The smallest absolute Gasteiger partial charge is 0.305 e. The average Bonchev–Trinajstić information content (AvgIpc) is 3.00. The first-order chi connectivity index (χ1) is 19.9. The van der Waals surface area contributed by atoms with Gasteiger partial charge in [0.15, 0.2) is 0 Å². The third kappa shape index (κ3) is 7.39. The van der Waals surface area contributed by atoms with E-state index in [4.69, 9.17) is 4.74 Å². The summed E-state index contributed by atoms with van der Waals surface area (Å²) in [4.78, 5) is 40.3. The first-order valence-corrected chi connectivity index (χ1v) is 13.5. The first-order valence-electron chi connectivity index (χ1n) is 13.5. The van der Waals surface area contributed by atoms with Crippen molar-refractivity contribution in [2.75, 3.05) is 20.2 Å². The predicted octanol–water partition coefficient (Wildman–Crippen LogP) is 5.76. The van der Waals surface area contributed by atoms with Crippen LogP contribution in [0.4, 0.5) is 0 Å². The van der Waals surface area contributed by atoms with Crippen LogP contribution in [0.15, 0.2) is 97.1 Å². The molecule has 0 radical (unpaired) electrons. The second-order valence-electron chi connectivity index (χ2n) is 9.70. The fraction of sp³-hybridized carbons (Fsp3) is 0.206. The van der Waals surface area contributed by atoms with Crippen LogP contribution in [0.25, 0.3) is 11.1 Å². The zero-order valence-corrected chi connectivity index (χ0v) is 23.3. The maximum atomic E-state index is 13.9. The molecule has 0 heterocycles. The van der Waals surface area contributed by atoms with Gasteiger partial charge in [0.1, 0.15) is 5.75 Å². The average molecular weight is 551 g/mol. The number of nitrogens with zero attached hydrogens (tertiary/aromatic N) is 1. The van der Waals surface area contributed by atoms with Gasteiger partial charge in [-0.3, -0.25) is 14.4 Å². The summed E-state index contributed by atoms with van der Waals surface area (Å²) in [6.07, 6.45) is 0.436. The number of carboxylic acid groups (broad SMARTS) is 1. The minimum Gasteiger partial charge on any atom is -0.496 e. The van der Waals surface area contributed by atoms with Crippen LogP contribution in [-0.4, -0.2) is 48.0 Å². The molecule has 0 unspecified atom stereocenters. The van der Waals surface area contributed by atoms with Gasteiger partial charge in [-0.05, 0) is 53.8 Å². The van der Waals surface area contributed by atoms with E-state index in [9.17, 15) is 19.5 Å². The molecule has 4 aromatic carbocycles. The molecule has 4 rings (SSSR count). The molecular formula is C34H34N2O5. The first kappa shape index (κ1) is 29.1. The molecule has 7 heteroatoms. The third-order valence-electron chi connectivity index (χ3n) is 7.05. The summed E-state index contributed by atoms with van der Waals surface area (Å²) in [5, 5.41) is 12.3. The van der Waals surface area contributed by atoms with Crippen LogP contribution >= 0.6 is 0 Å². The van der Waals surface area contributed by atoms with E-state index in [-0.39, 0.29) is 31.3 Å². The van der Waals surface area contributed by atoms with Crippen molar-refractivity contribution in [1.82, 2.24) is 10.2 Å². The quantitative estimate of drug-likeness (QED) is 0.234. The Bertz CT molecular complexity index is 1530. The molecule has 7 nitrogen and oxygen atoms in total. The number of carbonyl (C=O) groups excluding carboxylic acids is 2. The Morgan fingerprint density at radius 1 is 0.756 bits per heavy atom. The number of carbonyl (C=O) groups is 3. The number of methoxy groups -OCH3 is 1. The summed E-state index contributed by atoms with van der Waals surface area (Å²) < 4.78 is 5.40. The number of carboxylic acids is 1. The molecule has 2 N–H and O–H groups in total. The molecule has 0 aliphatic heterocycles. The van der Waals surface area contributed by atoms with E-state index in [0.29, 0.717) is 41.0 Å². The lowest BCUT2D eigenvalue weighted by Gasteiger charge is -2.24. The molecule has 4 aromatic rings. The molecule has 41 heavy (non-hydrogen) atoms. The number of para-hydroxylation sites is 1. The third-order valence-corrected chi connectivity index (χ3v) is 7.05. The van der Waals surface area contributed by atoms with Crippen molar-refractivity contribution in [1.29, 1.82) is 0 Å². The summed E-state index contributed by atoms with van der Waals surface area (Å²) in [5.41, 5.74) is 5.13. The number of aliphatic carboxylic acids is 1. The van der Waals surface area contributed by atoms with E-state index in [1.165, 1.54) is 0 Å². The van der Waals surface area contributed by atoms with Crippen molar-refractivity contribution in [3.8, 4) is 16.9 Å². The van der Waals surface area contributed by atoms with E-state index in [0.717, 1.165) is 16.7 Å². The van der Waals surface area contributed by atoms with Gasteiger partial charge in [-0.2, -0.15) is 0 Å². The van der Waals surface area contributed by atoms with Crippen molar-refractivity contribution in [2.24, 2.45) is 0 Å². The van der Waals surface area contributed by atoms with E-state index >= 15 is 0 Å². The highest BCUT2D eigenvalue weighted by Gasteiger charge is 2.23. The van der Waals surface area contributed by atoms with Crippen LogP contribution in [0.5, 0.6) is 5.75 Å². The van der Waals surface area contributed by atoms with Crippen LogP contribution in [0.1, 0.15) is 43.8 Å². The molecule has 0 saturated carbocycles. The SMILES string of the molecule is COc1ccccc1CNC(=O)c1ccccc1-c1ccccc1C(=O)N(CCC(=O)O)CCc1ccccc1C. The number of ether oxygens (including phenoxy) is 1. The minimum atomic E-state index is -0.968. The number of amides is 2. The largest absolute Gasteiger partial charge is 0.496 e. The van der Waals surface area contributed by atoms with Gasteiger partial charge in [-0.25, -0.2) is 0 Å². The Morgan fingerprint density at radius 2 is 1.34 bits per heavy atom. The fourth-order valence-corrected chi connectivity index (χ4v) is 4.80. The molecule has 0 fully saturated rings. The van der Waals surface area contributed by atoms with Crippen LogP contribution in [0.2, 0.25) is 0 Å². The second kappa shape index (κ2) is 13.9. The lowest BCUT2D eigenvalue weighted by Crippen LogP contribution is -2.35. The molecule has 210 valence electrons. The number of benzene rings is 4. The fourth-order valence-electron chi connectivity index (χ4n) is 4.80. The van der Waals surface area contributed by atoms with Gasteiger partial charge in [0.05, 0.1) is 13.5 Å². The van der Waals surface area contributed by atoms with Crippen molar-refractivity contribution in [3.63, 3.8) is 0 Å². The maximum absolute atomic E-state index is 13.9. The standard InChI is InChI=1S/C34H34N2O5/c1-24-11-3-4-12-25(24)19-21-36(22-20-32(37)38)34(40)30-17-9-7-15-28(30)27-14-6-8-16-29(27)33(39)35-23-26-13-5-10-18-31(26)41-2/h3-18H,19-23H2,1-2H3,(H,35,39)(H,37,38). The minimum absolute atomic E-state index is 0.0788. The molecular weight excluding hydrogens is 516 g/mol. The summed E-state index contributed by atoms with van der Waals surface area (Å²) in [7, 11) is 1.59. The molecule has 0 aromatic heterocycles. The molecule has 0 bridgehead atoms. The molecule has 0 aliphatic carbocycles. The Hall–Kier alpha value is -4.91. The topological polar surface area (TPSA) is 95.9 Å². The summed E-state index contributed by atoms with van der Waals surface area (Å²) in [6, 6.07) is 29.7. The van der Waals surface area contributed by atoms with Crippen molar-refractivity contribution in [3.05, 3.63) is 125 Å². The van der Waals surface area contributed by atoms with Gasteiger partial charge in [-0.1, -0.05) is 78.9 Å².